The molecule has 0 saturated carbocycles. The number of carbonyl (C=O) groups excluding carboxylic acids is 1. The van der Waals surface area contributed by atoms with Crippen molar-refractivity contribution in [3.8, 4) is 0 Å². The molecule has 2 aromatic rings. The third kappa shape index (κ3) is 5.29. The molecule has 8 heteroatoms. The predicted molar refractivity (Wildman–Crippen MR) is 97.1 cm³/mol. The van der Waals surface area contributed by atoms with Crippen LogP contribution in [0.4, 0.5) is 13.2 Å². The van der Waals surface area contributed by atoms with Crippen molar-refractivity contribution < 1.29 is 18.0 Å². The van der Waals surface area contributed by atoms with E-state index in [-0.39, 0.29) is 17.9 Å². The molecule has 0 saturated heterocycles. The molecule has 0 bridgehead atoms. The summed E-state index contributed by atoms with van der Waals surface area (Å²) in [4.78, 5) is 13.9. The number of amides is 1. The first-order valence-corrected chi connectivity index (χ1v) is 9.19. The Bertz CT molecular complexity index is 726. The summed E-state index contributed by atoms with van der Waals surface area (Å²) in [7, 11) is 1.70. The molecular weight excluding hydrogens is 417 g/mol. The second kappa shape index (κ2) is 8.33. The molecule has 0 radical (unpaired) electrons. The van der Waals surface area contributed by atoms with Crippen molar-refractivity contribution in [1.82, 2.24) is 10.6 Å². The van der Waals surface area contributed by atoms with Crippen molar-refractivity contribution in [2.75, 3.05) is 13.6 Å². The third-order valence-corrected chi connectivity index (χ3v) is 5.79. The van der Waals surface area contributed by atoms with Crippen LogP contribution in [-0.2, 0) is 12.6 Å². The number of alkyl halides is 3. The Labute approximate surface area is 156 Å². The van der Waals surface area contributed by atoms with Gasteiger partial charge in [0.05, 0.1) is 10.4 Å². The zero-order valence-electron chi connectivity index (χ0n) is 13.7. The summed E-state index contributed by atoms with van der Waals surface area (Å²) in [6.45, 7) is 2.25. The van der Waals surface area contributed by atoms with Crippen molar-refractivity contribution in [3.05, 3.63) is 55.7 Å². The highest BCUT2D eigenvalue weighted by Gasteiger charge is 2.33. The van der Waals surface area contributed by atoms with E-state index < -0.39 is 17.8 Å². The van der Waals surface area contributed by atoms with E-state index in [2.05, 4.69) is 26.6 Å². The normalized spacial score (nSPS) is 12.9. The molecule has 25 heavy (non-hydrogen) atoms. The van der Waals surface area contributed by atoms with Gasteiger partial charge in [0.1, 0.15) is 0 Å². The van der Waals surface area contributed by atoms with Crippen molar-refractivity contribution in [2.45, 2.75) is 25.6 Å². The Morgan fingerprint density at radius 2 is 2.00 bits per heavy atom. The monoisotopic (exact) mass is 434 g/mol. The Morgan fingerprint density at radius 3 is 2.56 bits per heavy atom. The second-order valence-electron chi connectivity index (χ2n) is 5.60. The Morgan fingerprint density at radius 1 is 1.32 bits per heavy atom. The van der Waals surface area contributed by atoms with Crippen LogP contribution in [0.3, 0.4) is 0 Å². The summed E-state index contributed by atoms with van der Waals surface area (Å²) in [6, 6.07) is 6.71. The average Bonchev–Trinajstić information content (AvgIpc) is 2.86. The number of carbonyl (C=O) groups is 1. The van der Waals surface area contributed by atoms with Crippen molar-refractivity contribution >= 4 is 33.2 Å². The fourth-order valence-corrected chi connectivity index (χ4v) is 3.93. The lowest BCUT2D eigenvalue weighted by molar-refractivity contribution is -0.138. The van der Waals surface area contributed by atoms with E-state index >= 15 is 0 Å². The minimum atomic E-state index is -4.42. The van der Waals surface area contributed by atoms with Gasteiger partial charge in [-0.2, -0.15) is 13.2 Å². The van der Waals surface area contributed by atoms with E-state index in [1.54, 1.807) is 19.2 Å². The molecule has 2 N–H and O–H groups in total. The van der Waals surface area contributed by atoms with Crippen LogP contribution in [0, 0.1) is 6.92 Å². The zero-order chi connectivity index (χ0) is 18.6. The third-order valence-electron chi connectivity index (χ3n) is 3.66. The number of hydrogen-bond acceptors (Lipinski definition) is 3. The lowest BCUT2D eigenvalue weighted by atomic mass is 9.99. The number of hydrogen-bond donors (Lipinski definition) is 2. The van der Waals surface area contributed by atoms with Crippen LogP contribution < -0.4 is 10.6 Å². The zero-order valence-corrected chi connectivity index (χ0v) is 16.1. The minimum absolute atomic E-state index is 0.0911. The van der Waals surface area contributed by atoms with Gasteiger partial charge in [-0.1, -0.05) is 18.2 Å². The molecule has 2 rings (SSSR count). The first-order chi connectivity index (χ1) is 11.7. The van der Waals surface area contributed by atoms with Crippen molar-refractivity contribution in [1.29, 1.82) is 0 Å². The van der Waals surface area contributed by atoms with Crippen LogP contribution in [0.15, 0.2) is 34.8 Å². The highest BCUT2D eigenvalue weighted by atomic mass is 79.9. The van der Waals surface area contributed by atoms with Crippen LogP contribution in [0.2, 0.25) is 0 Å². The number of nitrogens with one attached hydrogen (secondary N) is 2. The molecule has 1 aromatic carbocycles. The molecule has 1 aromatic heterocycles. The smallest absolute Gasteiger partial charge is 0.347 e. The van der Waals surface area contributed by atoms with Gasteiger partial charge in [-0.25, -0.2) is 0 Å². The fraction of sp³-hybridized carbons (Fsp3) is 0.353. The molecule has 1 atom stereocenters. The summed E-state index contributed by atoms with van der Waals surface area (Å²) in [5.74, 6) is -0.288. The number of aryl methyl sites for hydroxylation is 1. The lowest BCUT2D eigenvalue weighted by Gasteiger charge is -2.20. The predicted octanol–water partition coefficient (Wildman–Crippen LogP) is 4.40. The van der Waals surface area contributed by atoms with Crippen LogP contribution in [0.25, 0.3) is 0 Å². The van der Waals surface area contributed by atoms with Gasteiger partial charge in [-0.3, -0.25) is 4.79 Å². The van der Waals surface area contributed by atoms with Gasteiger partial charge in [0, 0.05) is 21.9 Å². The number of rotatable bonds is 6. The van der Waals surface area contributed by atoms with Gasteiger partial charge in [0.25, 0.3) is 5.91 Å². The van der Waals surface area contributed by atoms with Gasteiger partial charge < -0.3 is 10.6 Å². The van der Waals surface area contributed by atoms with E-state index in [0.717, 1.165) is 15.4 Å². The molecule has 136 valence electrons. The largest absolute Gasteiger partial charge is 0.416 e. The highest BCUT2D eigenvalue weighted by Crippen LogP contribution is 2.32. The molecular formula is C17H18BrF3N2OS. The van der Waals surface area contributed by atoms with Gasteiger partial charge in [-0.15, -0.1) is 11.3 Å². The Kier molecular flexibility index (Phi) is 6.65. The van der Waals surface area contributed by atoms with Crippen LogP contribution in [0.1, 0.15) is 25.7 Å². The van der Waals surface area contributed by atoms with E-state index in [1.165, 1.54) is 23.5 Å². The molecule has 0 aliphatic heterocycles. The van der Waals surface area contributed by atoms with Gasteiger partial charge >= 0.3 is 6.18 Å². The summed E-state index contributed by atoms with van der Waals surface area (Å²) in [5, 5.41) is 5.74. The van der Waals surface area contributed by atoms with Crippen LogP contribution in [0.5, 0.6) is 0 Å². The summed E-state index contributed by atoms with van der Waals surface area (Å²) >= 11 is 4.70. The van der Waals surface area contributed by atoms with Crippen molar-refractivity contribution in [3.63, 3.8) is 0 Å². The Balaban J connectivity index is 2.18. The topological polar surface area (TPSA) is 41.1 Å². The number of halogens is 4. The van der Waals surface area contributed by atoms with Crippen molar-refractivity contribution in [2.24, 2.45) is 0 Å². The highest BCUT2D eigenvalue weighted by molar-refractivity contribution is 9.10. The standard InChI is InChI=1S/C17H18BrF3N2OS/c1-10-14(18)8-15(25-10)16(24)23-12(9-22-2)7-11-5-3-4-6-13(11)17(19,20)21/h3-6,8,12,22H,7,9H2,1-2H3,(H,23,24)/t12-/m0/s1. The first kappa shape index (κ1) is 19.9. The second-order valence-corrected chi connectivity index (χ2v) is 7.71. The van der Waals surface area contributed by atoms with Gasteiger partial charge in [0.2, 0.25) is 0 Å². The summed E-state index contributed by atoms with van der Waals surface area (Å²) < 4.78 is 40.3. The molecule has 3 nitrogen and oxygen atoms in total. The molecule has 0 fully saturated rings. The van der Waals surface area contributed by atoms with E-state index in [9.17, 15) is 18.0 Å². The molecule has 1 heterocycles. The molecule has 0 aliphatic carbocycles. The maximum Gasteiger partial charge on any atom is 0.416 e. The Hall–Kier alpha value is -1.38. The SMILES string of the molecule is CNC[C@H](Cc1ccccc1C(F)(F)F)NC(=O)c1cc(Br)c(C)s1. The number of benzene rings is 1. The molecule has 0 spiro atoms. The van der Waals surface area contributed by atoms with Gasteiger partial charge in [0.15, 0.2) is 0 Å². The molecule has 0 unspecified atom stereocenters. The van der Waals surface area contributed by atoms with Gasteiger partial charge in [-0.05, 0) is 54.0 Å². The summed E-state index contributed by atoms with van der Waals surface area (Å²) in [6.07, 6.45) is -4.33. The van der Waals surface area contributed by atoms with Crippen LogP contribution >= 0.6 is 27.3 Å². The van der Waals surface area contributed by atoms with E-state index in [0.29, 0.717) is 11.4 Å². The van der Waals surface area contributed by atoms with Crippen LogP contribution in [-0.4, -0.2) is 25.5 Å². The van der Waals surface area contributed by atoms with E-state index in [4.69, 9.17) is 0 Å². The quantitative estimate of drug-likeness (QED) is 0.707. The maximum atomic E-state index is 13.2. The fourth-order valence-electron chi connectivity index (χ4n) is 2.49. The summed E-state index contributed by atoms with van der Waals surface area (Å²) in [5.41, 5.74) is -0.501. The maximum absolute atomic E-state index is 13.2. The van der Waals surface area contributed by atoms with E-state index in [1.807, 2.05) is 6.92 Å². The minimum Gasteiger partial charge on any atom is -0.347 e. The number of likely N-dealkylation sites (N-methyl/N-ethyl adjacent to an activating group) is 1. The average molecular weight is 435 g/mol. The first-order valence-electron chi connectivity index (χ1n) is 7.59. The number of thiophene rings is 1. The molecule has 1 amide bonds. The molecule has 0 aliphatic rings. The lowest BCUT2D eigenvalue weighted by Crippen LogP contribution is -2.42.